The van der Waals surface area contributed by atoms with E-state index < -0.39 is 0 Å². The van der Waals surface area contributed by atoms with E-state index in [0.29, 0.717) is 12.0 Å². The molecule has 2 N–H and O–H groups in total. The van der Waals surface area contributed by atoms with Gasteiger partial charge in [-0.3, -0.25) is 4.90 Å². The van der Waals surface area contributed by atoms with Crippen LogP contribution in [-0.4, -0.2) is 18.0 Å². The van der Waals surface area contributed by atoms with Crippen molar-refractivity contribution in [2.75, 3.05) is 18.8 Å². The second kappa shape index (κ2) is 6.20. The topological polar surface area (TPSA) is 29.3 Å². The van der Waals surface area contributed by atoms with Crippen LogP contribution in [0.2, 0.25) is 0 Å². The van der Waals surface area contributed by atoms with Crippen molar-refractivity contribution in [3.8, 4) is 0 Å². The van der Waals surface area contributed by atoms with Crippen LogP contribution >= 0.6 is 11.3 Å². The fraction of sp³-hybridized carbons (Fsp3) is 0.444. The molecule has 0 fully saturated rings. The molecule has 2 unspecified atom stereocenters. The SMILES string of the molecule is CC(CCN1CCc2sccc2C1C)c1ccc(N)cc1. The predicted octanol–water partition coefficient (Wildman–Crippen LogP) is 4.44. The maximum Gasteiger partial charge on any atom is 0.0331 e. The number of nitrogens with two attached hydrogens (primary N) is 1. The van der Waals surface area contributed by atoms with E-state index in [9.17, 15) is 0 Å². The van der Waals surface area contributed by atoms with E-state index in [-0.39, 0.29) is 0 Å². The highest BCUT2D eigenvalue weighted by molar-refractivity contribution is 7.10. The Kier molecular flexibility index (Phi) is 4.32. The molecular formula is C18H24N2S. The first-order valence-electron chi connectivity index (χ1n) is 7.81. The van der Waals surface area contributed by atoms with E-state index in [1.807, 2.05) is 23.5 Å². The summed E-state index contributed by atoms with van der Waals surface area (Å²) in [5, 5.41) is 2.24. The number of nitrogens with zero attached hydrogens (tertiary/aromatic N) is 1. The van der Waals surface area contributed by atoms with E-state index in [2.05, 4.69) is 42.3 Å². The Balaban J connectivity index is 1.59. The summed E-state index contributed by atoms with van der Waals surface area (Å²) in [7, 11) is 0. The minimum absolute atomic E-state index is 0.568. The molecule has 0 amide bonds. The van der Waals surface area contributed by atoms with Gasteiger partial charge in [-0.05, 0) is 66.9 Å². The molecular weight excluding hydrogens is 276 g/mol. The molecule has 1 aromatic carbocycles. The Morgan fingerprint density at radius 3 is 2.81 bits per heavy atom. The fourth-order valence-electron chi connectivity index (χ4n) is 3.22. The zero-order valence-electron chi connectivity index (χ0n) is 12.9. The first-order valence-corrected chi connectivity index (χ1v) is 8.69. The van der Waals surface area contributed by atoms with Gasteiger partial charge in [0.15, 0.2) is 0 Å². The van der Waals surface area contributed by atoms with Crippen molar-refractivity contribution in [3.63, 3.8) is 0 Å². The van der Waals surface area contributed by atoms with Crippen molar-refractivity contribution in [2.24, 2.45) is 0 Å². The van der Waals surface area contributed by atoms with Gasteiger partial charge in [-0.15, -0.1) is 11.3 Å². The summed E-state index contributed by atoms with van der Waals surface area (Å²) in [6, 6.07) is 11.2. The van der Waals surface area contributed by atoms with Crippen molar-refractivity contribution in [3.05, 3.63) is 51.7 Å². The smallest absolute Gasteiger partial charge is 0.0331 e. The third-order valence-corrected chi connectivity index (χ3v) is 5.76. The highest BCUT2D eigenvalue weighted by Gasteiger charge is 2.24. The van der Waals surface area contributed by atoms with Crippen LogP contribution in [0.5, 0.6) is 0 Å². The molecule has 3 heteroatoms. The number of hydrogen-bond donors (Lipinski definition) is 1. The van der Waals surface area contributed by atoms with Gasteiger partial charge in [0.25, 0.3) is 0 Å². The Morgan fingerprint density at radius 1 is 1.29 bits per heavy atom. The molecule has 1 aliphatic rings. The molecule has 0 spiro atoms. The largest absolute Gasteiger partial charge is 0.399 e. The number of anilines is 1. The molecule has 0 radical (unpaired) electrons. The first-order chi connectivity index (χ1) is 10.1. The van der Waals surface area contributed by atoms with Gasteiger partial charge >= 0.3 is 0 Å². The lowest BCUT2D eigenvalue weighted by molar-refractivity contribution is 0.194. The van der Waals surface area contributed by atoms with Gasteiger partial charge in [0.2, 0.25) is 0 Å². The molecule has 2 nitrogen and oxygen atoms in total. The maximum absolute atomic E-state index is 5.76. The maximum atomic E-state index is 5.76. The van der Waals surface area contributed by atoms with Gasteiger partial charge in [-0.2, -0.15) is 0 Å². The van der Waals surface area contributed by atoms with Crippen LogP contribution in [0.4, 0.5) is 5.69 Å². The number of thiophene rings is 1. The molecule has 112 valence electrons. The molecule has 0 saturated carbocycles. The zero-order chi connectivity index (χ0) is 14.8. The molecule has 0 aliphatic carbocycles. The predicted molar refractivity (Wildman–Crippen MR) is 91.9 cm³/mol. The highest BCUT2D eigenvalue weighted by atomic mass is 32.1. The molecule has 1 aromatic heterocycles. The van der Waals surface area contributed by atoms with Crippen LogP contribution in [-0.2, 0) is 6.42 Å². The Bertz CT molecular complexity index is 588. The average molecular weight is 300 g/mol. The van der Waals surface area contributed by atoms with Crippen molar-refractivity contribution in [1.29, 1.82) is 0 Å². The van der Waals surface area contributed by atoms with Crippen LogP contribution in [0.25, 0.3) is 0 Å². The average Bonchev–Trinajstić information content (AvgIpc) is 2.96. The monoisotopic (exact) mass is 300 g/mol. The quantitative estimate of drug-likeness (QED) is 0.846. The fourth-order valence-corrected chi connectivity index (χ4v) is 4.18. The van der Waals surface area contributed by atoms with Crippen LogP contribution in [0, 0.1) is 0 Å². The number of hydrogen-bond acceptors (Lipinski definition) is 3. The lowest BCUT2D eigenvalue weighted by Gasteiger charge is -2.34. The van der Waals surface area contributed by atoms with Crippen LogP contribution in [0.3, 0.4) is 0 Å². The van der Waals surface area contributed by atoms with Crippen molar-refractivity contribution >= 4 is 17.0 Å². The third kappa shape index (κ3) is 3.14. The number of fused-ring (bicyclic) bond motifs is 1. The van der Waals surface area contributed by atoms with Crippen LogP contribution in [0.1, 0.15) is 48.2 Å². The van der Waals surface area contributed by atoms with Gasteiger partial charge in [-0.1, -0.05) is 19.1 Å². The summed E-state index contributed by atoms with van der Waals surface area (Å²) in [6.45, 7) is 7.03. The Labute approximate surface area is 131 Å². The van der Waals surface area contributed by atoms with Crippen molar-refractivity contribution < 1.29 is 0 Å². The van der Waals surface area contributed by atoms with E-state index in [4.69, 9.17) is 5.73 Å². The Morgan fingerprint density at radius 2 is 2.05 bits per heavy atom. The summed E-state index contributed by atoms with van der Waals surface area (Å²) < 4.78 is 0. The van der Waals surface area contributed by atoms with Gasteiger partial charge in [0.1, 0.15) is 0 Å². The molecule has 2 atom stereocenters. The molecule has 21 heavy (non-hydrogen) atoms. The first kappa shape index (κ1) is 14.6. The van der Waals surface area contributed by atoms with E-state index in [1.54, 1.807) is 10.4 Å². The van der Waals surface area contributed by atoms with Gasteiger partial charge in [0, 0.05) is 23.2 Å². The summed E-state index contributed by atoms with van der Waals surface area (Å²) >= 11 is 1.92. The summed E-state index contributed by atoms with van der Waals surface area (Å²) in [5.74, 6) is 0.585. The lowest BCUT2D eigenvalue weighted by Crippen LogP contribution is -2.34. The molecule has 2 heterocycles. The molecule has 3 rings (SSSR count). The minimum Gasteiger partial charge on any atom is -0.399 e. The van der Waals surface area contributed by atoms with Crippen LogP contribution < -0.4 is 5.73 Å². The van der Waals surface area contributed by atoms with Gasteiger partial charge in [0.05, 0.1) is 0 Å². The van der Waals surface area contributed by atoms with E-state index >= 15 is 0 Å². The minimum atomic E-state index is 0.568. The summed E-state index contributed by atoms with van der Waals surface area (Å²) in [5.41, 5.74) is 9.55. The normalized spacial score (nSPS) is 20.2. The number of rotatable bonds is 4. The molecule has 0 saturated heterocycles. The lowest BCUT2D eigenvalue weighted by atomic mass is 9.95. The number of benzene rings is 1. The molecule has 1 aliphatic heterocycles. The molecule has 0 bridgehead atoms. The van der Waals surface area contributed by atoms with Gasteiger partial charge in [-0.25, -0.2) is 0 Å². The summed E-state index contributed by atoms with van der Waals surface area (Å²) in [4.78, 5) is 4.22. The van der Waals surface area contributed by atoms with Gasteiger partial charge < -0.3 is 5.73 Å². The second-order valence-corrected chi connectivity index (χ2v) is 7.12. The van der Waals surface area contributed by atoms with Crippen LogP contribution in [0.15, 0.2) is 35.7 Å². The highest BCUT2D eigenvalue weighted by Crippen LogP contribution is 2.33. The summed E-state index contributed by atoms with van der Waals surface area (Å²) in [6.07, 6.45) is 2.42. The number of nitrogen functional groups attached to an aromatic ring is 1. The standard InChI is InChI=1S/C18H24N2S/c1-13(15-3-5-16(19)6-4-15)7-10-20-11-8-18-17(14(20)2)9-12-21-18/h3-6,9,12-14H,7-8,10-11,19H2,1-2H3. The second-order valence-electron chi connectivity index (χ2n) is 6.12. The Hall–Kier alpha value is -1.32. The zero-order valence-corrected chi connectivity index (χ0v) is 13.7. The van der Waals surface area contributed by atoms with Crippen molar-refractivity contribution in [2.45, 2.75) is 38.6 Å². The van der Waals surface area contributed by atoms with E-state index in [1.165, 1.54) is 31.5 Å². The van der Waals surface area contributed by atoms with E-state index in [0.717, 1.165) is 5.69 Å². The third-order valence-electron chi connectivity index (χ3n) is 4.76. The molecule has 2 aromatic rings. The van der Waals surface area contributed by atoms with Crippen molar-refractivity contribution in [1.82, 2.24) is 4.90 Å².